The van der Waals surface area contributed by atoms with Gasteiger partial charge in [0.2, 0.25) is 10.0 Å². The lowest BCUT2D eigenvalue weighted by Crippen LogP contribution is -2.22. The van der Waals surface area contributed by atoms with Crippen molar-refractivity contribution in [2.45, 2.75) is 18.0 Å². The van der Waals surface area contributed by atoms with E-state index in [-0.39, 0.29) is 18.0 Å². The maximum Gasteiger partial charge on any atom is 0.331 e. The van der Waals surface area contributed by atoms with Crippen LogP contribution in [0.3, 0.4) is 0 Å². The minimum Gasteiger partial charge on any atom is -0.468 e. The van der Waals surface area contributed by atoms with Gasteiger partial charge in [-0.3, -0.25) is 0 Å². The molecule has 0 amide bonds. The molecule has 2 aromatic heterocycles. The predicted octanol–water partition coefficient (Wildman–Crippen LogP) is 4.12. The van der Waals surface area contributed by atoms with E-state index in [2.05, 4.69) is 9.71 Å². The maximum absolute atomic E-state index is 12.3. The van der Waals surface area contributed by atoms with Crippen LogP contribution in [-0.2, 0) is 32.7 Å². The van der Waals surface area contributed by atoms with E-state index >= 15 is 0 Å². The quantitative estimate of drug-likeness (QED) is 0.318. The predicted molar refractivity (Wildman–Crippen MR) is 118 cm³/mol. The highest BCUT2D eigenvalue weighted by atomic mass is 32.2. The van der Waals surface area contributed by atoms with Gasteiger partial charge < -0.3 is 9.15 Å². The maximum atomic E-state index is 12.3. The molecule has 158 valence electrons. The number of fused-ring (bicyclic) bond motifs is 1. The lowest BCUT2D eigenvalue weighted by Gasteiger charge is -2.05. The Morgan fingerprint density at radius 3 is 2.65 bits per heavy atom. The highest BCUT2D eigenvalue weighted by Gasteiger charge is 2.14. The van der Waals surface area contributed by atoms with Gasteiger partial charge in [0.05, 0.1) is 27.9 Å². The molecule has 9 heteroatoms. The molecule has 0 atom stereocenters. The second kappa shape index (κ2) is 9.25. The van der Waals surface area contributed by atoms with E-state index in [1.54, 1.807) is 30.3 Å². The summed E-state index contributed by atoms with van der Waals surface area (Å²) >= 11 is 1.48. The number of rotatable bonds is 8. The highest BCUT2D eigenvalue weighted by Crippen LogP contribution is 2.22. The van der Waals surface area contributed by atoms with Crippen LogP contribution in [0.4, 0.5) is 0 Å². The van der Waals surface area contributed by atoms with Crippen LogP contribution in [0.2, 0.25) is 0 Å². The molecule has 0 aliphatic heterocycles. The van der Waals surface area contributed by atoms with Crippen molar-refractivity contribution in [1.82, 2.24) is 9.71 Å². The van der Waals surface area contributed by atoms with E-state index in [0.717, 1.165) is 15.2 Å². The summed E-state index contributed by atoms with van der Waals surface area (Å²) in [7, 11) is -3.67. The summed E-state index contributed by atoms with van der Waals surface area (Å²) in [6, 6.07) is 17.3. The van der Waals surface area contributed by atoms with Crippen molar-refractivity contribution in [3.05, 3.63) is 89.3 Å². The number of furan rings is 1. The van der Waals surface area contributed by atoms with Gasteiger partial charge in [0, 0.05) is 6.08 Å². The van der Waals surface area contributed by atoms with Gasteiger partial charge in [-0.05, 0) is 48.0 Å². The Labute approximate surface area is 183 Å². The molecular weight excluding hydrogens is 436 g/mol. The second-order valence-corrected chi connectivity index (χ2v) is 9.37. The Morgan fingerprint density at radius 1 is 1.10 bits per heavy atom. The number of para-hydroxylation sites is 1. The molecule has 7 nitrogen and oxygen atoms in total. The van der Waals surface area contributed by atoms with Crippen LogP contribution in [0.25, 0.3) is 16.3 Å². The summed E-state index contributed by atoms with van der Waals surface area (Å²) in [5, 5.41) is 0.722. The number of ether oxygens (including phenoxy) is 1. The van der Waals surface area contributed by atoms with E-state index in [1.165, 1.54) is 35.8 Å². The molecule has 0 aliphatic carbocycles. The minimum atomic E-state index is -3.67. The van der Waals surface area contributed by atoms with Crippen LogP contribution in [0, 0.1) is 0 Å². The molecule has 2 aromatic carbocycles. The van der Waals surface area contributed by atoms with Crippen LogP contribution in [0.15, 0.2) is 82.3 Å². The summed E-state index contributed by atoms with van der Waals surface area (Å²) in [4.78, 5) is 16.5. The highest BCUT2D eigenvalue weighted by molar-refractivity contribution is 7.89. The number of benzene rings is 2. The molecular formula is C22H18N2O5S2. The molecule has 0 bridgehead atoms. The smallest absolute Gasteiger partial charge is 0.331 e. The fraction of sp³-hybridized carbons (Fsp3) is 0.0909. The first-order valence-corrected chi connectivity index (χ1v) is 11.6. The Morgan fingerprint density at radius 2 is 1.90 bits per heavy atom. The number of thiazole rings is 1. The van der Waals surface area contributed by atoms with E-state index < -0.39 is 16.0 Å². The van der Waals surface area contributed by atoms with Gasteiger partial charge in [0.15, 0.2) is 0 Å². The number of hydrogen-bond donors (Lipinski definition) is 1. The number of carbonyl (C=O) groups is 1. The van der Waals surface area contributed by atoms with Gasteiger partial charge in [-0.1, -0.05) is 24.3 Å². The molecule has 0 spiro atoms. The van der Waals surface area contributed by atoms with Crippen molar-refractivity contribution in [2.75, 3.05) is 0 Å². The van der Waals surface area contributed by atoms with E-state index in [0.29, 0.717) is 11.3 Å². The van der Waals surface area contributed by atoms with E-state index in [9.17, 15) is 13.2 Å². The third-order valence-electron chi connectivity index (χ3n) is 4.29. The summed E-state index contributed by atoms with van der Waals surface area (Å²) in [6.45, 7) is 0.165. The molecule has 1 N–H and O–H groups in total. The summed E-state index contributed by atoms with van der Waals surface area (Å²) < 4.78 is 38.5. The molecule has 4 aromatic rings. The zero-order chi connectivity index (χ0) is 21.7. The fourth-order valence-electron chi connectivity index (χ4n) is 2.75. The SMILES string of the molecule is O=C(/C=C/c1ccc(S(=O)(=O)NCc2ccco2)cc1)OCc1nc2ccccc2s1. The standard InChI is InChI=1S/C22H18N2O5S2/c25-22(29-15-21-24-19-5-1-2-6-20(19)30-21)12-9-16-7-10-18(11-8-16)31(26,27)23-14-17-4-3-13-28-17/h1-13,23H,14-15H2/b12-9+. The number of aromatic nitrogens is 1. The van der Waals surface area contributed by atoms with Crippen molar-refractivity contribution in [2.24, 2.45) is 0 Å². The summed E-state index contributed by atoms with van der Waals surface area (Å²) in [6.07, 6.45) is 4.34. The first kappa shape index (κ1) is 21.0. The van der Waals surface area contributed by atoms with Crippen LogP contribution < -0.4 is 4.72 Å². The van der Waals surface area contributed by atoms with Crippen LogP contribution in [-0.4, -0.2) is 19.4 Å². The average Bonchev–Trinajstić information content (AvgIpc) is 3.44. The molecule has 0 fully saturated rings. The van der Waals surface area contributed by atoms with Crippen molar-refractivity contribution >= 4 is 43.6 Å². The molecule has 0 saturated heterocycles. The number of hydrogen-bond acceptors (Lipinski definition) is 7. The van der Waals surface area contributed by atoms with Gasteiger partial charge in [0.25, 0.3) is 0 Å². The van der Waals surface area contributed by atoms with Crippen molar-refractivity contribution in [1.29, 1.82) is 0 Å². The summed E-state index contributed by atoms with van der Waals surface area (Å²) in [5.41, 5.74) is 1.55. The molecule has 4 rings (SSSR count). The fourth-order valence-corrected chi connectivity index (χ4v) is 4.62. The van der Waals surface area contributed by atoms with Crippen LogP contribution >= 0.6 is 11.3 Å². The molecule has 0 unspecified atom stereocenters. The Kier molecular flexibility index (Phi) is 6.26. The van der Waals surface area contributed by atoms with Gasteiger partial charge in [-0.15, -0.1) is 11.3 Å². The summed E-state index contributed by atoms with van der Waals surface area (Å²) in [5.74, 6) is 0.0172. The number of carbonyl (C=O) groups excluding carboxylic acids is 1. The number of sulfonamides is 1. The van der Waals surface area contributed by atoms with Crippen molar-refractivity contribution in [3.8, 4) is 0 Å². The zero-order valence-corrected chi connectivity index (χ0v) is 17.9. The molecule has 0 radical (unpaired) electrons. The van der Waals surface area contributed by atoms with Gasteiger partial charge in [-0.2, -0.15) is 0 Å². The van der Waals surface area contributed by atoms with Gasteiger partial charge in [0.1, 0.15) is 17.4 Å². The third-order valence-corrected chi connectivity index (χ3v) is 6.72. The topological polar surface area (TPSA) is 98.5 Å². The van der Waals surface area contributed by atoms with Crippen molar-refractivity contribution in [3.63, 3.8) is 0 Å². The van der Waals surface area contributed by atoms with Gasteiger partial charge >= 0.3 is 5.97 Å². The lowest BCUT2D eigenvalue weighted by molar-refractivity contribution is -0.138. The Hall–Kier alpha value is -3.27. The number of nitrogens with zero attached hydrogens (tertiary/aromatic N) is 1. The normalized spacial score (nSPS) is 11.9. The third kappa shape index (κ3) is 5.46. The number of esters is 1. The van der Waals surface area contributed by atoms with E-state index in [4.69, 9.17) is 9.15 Å². The molecule has 0 saturated carbocycles. The number of nitrogens with one attached hydrogen (secondary N) is 1. The zero-order valence-electron chi connectivity index (χ0n) is 16.2. The van der Waals surface area contributed by atoms with E-state index in [1.807, 2.05) is 24.3 Å². The first-order chi connectivity index (χ1) is 15.0. The monoisotopic (exact) mass is 454 g/mol. The largest absolute Gasteiger partial charge is 0.468 e. The lowest BCUT2D eigenvalue weighted by atomic mass is 10.2. The molecule has 2 heterocycles. The molecule has 0 aliphatic rings. The first-order valence-electron chi connectivity index (χ1n) is 9.31. The Balaban J connectivity index is 1.31. The Bertz CT molecular complexity index is 1270. The van der Waals surface area contributed by atoms with Crippen LogP contribution in [0.5, 0.6) is 0 Å². The second-order valence-electron chi connectivity index (χ2n) is 6.49. The molecule has 31 heavy (non-hydrogen) atoms. The minimum absolute atomic E-state index is 0.0670. The van der Waals surface area contributed by atoms with Crippen LogP contribution in [0.1, 0.15) is 16.3 Å². The average molecular weight is 455 g/mol. The van der Waals surface area contributed by atoms with Gasteiger partial charge in [-0.25, -0.2) is 22.9 Å². The van der Waals surface area contributed by atoms with Crippen molar-refractivity contribution < 1.29 is 22.4 Å².